The van der Waals surface area contributed by atoms with Crippen LogP contribution in [0.2, 0.25) is 5.02 Å². The summed E-state index contributed by atoms with van der Waals surface area (Å²) in [6.45, 7) is 2.79. The second kappa shape index (κ2) is 15.8. The summed E-state index contributed by atoms with van der Waals surface area (Å²) in [5.74, 6) is -2.83. The first kappa shape index (κ1) is 36.4. The Morgan fingerprint density at radius 1 is 1.00 bits per heavy atom. The molecule has 2 aliphatic rings. The van der Waals surface area contributed by atoms with Gasteiger partial charge in [-0.2, -0.15) is 0 Å². The van der Waals surface area contributed by atoms with Crippen LogP contribution in [-0.4, -0.2) is 81.4 Å². The number of likely N-dealkylation sites (tertiary alicyclic amines) is 1. The number of hydrogen-bond acceptors (Lipinski definition) is 8. The van der Waals surface area contributed by atoms with Crippen LogP contribution in [0.5, 0.6) is 5.75 Å². The smallest absolute Gasteiger partial charge is 0.224 e. The molecule has 5 rings (SSSR count). The van der Waals surface area contributed by atoms with E-state index in [0.717, 1.165) is 22.8 Å². The SMILES string of the molecule is CS[C@H]1O[C@@H](c2cc(Cc3ccc(OC4CCN(C(=O)C[C@H](N)Cc5cc(F)c(F)cc5F)CC4)cc3)c(Cl)cc2C)[C@H](O)[C@@H](O)[C@@H]1O. The first-order valence-corrected chi connectivity index (χ1v) is 17.4. The first-order valence-electron chi connectivity index (χ1n) is 15.8. The molecule has 0 spiro atoms. The second-order valence-corrected chi connectivity index (χ2v) is 13.8. The molecule has 2 fully saturated rings. The Hall–Kier alpha value is -2.84. The summed E-state index contributed by atoms with van der Waals surface area (Å²) < 4.78 is 52.9. The standard InChI is InChI=1S/C35H40ClF3N2O6S/c1-18-11-26(36)20(14-25(18)34-32(44)31(43)33(45)35(47-34)48-2)12-19-3-5-23(6-4-19)46-24-7-9-41(10-8-24)30(42)16-22(40)13-21-15-28(38)29(39)17-27(21)37/h3-6,11,14-15,17,22,24,31-35,43-45H,7-10,12-13,16,40H2,1-2H3/t22-,31-,32-,33+,34+,35-/m1/s1. The summed E-state index contributed by atoms with van der Waals surface area (Å²) in [6, 6.07) is 11.8. The van der Waals surface area contributed by atoms with Crippen molar-refractivity contribution in [3.63, 3.8) is 0 Å². The molecule has 2 aliphatic heterocycles. The van der Waals surface area contributed by atoms with Gasteiger partial charge in [0.25, 0.3) is 0 Å². The van der Waals surface area contributed by atoms with Crippen LogP contribution in [0.25, 0.3) is 0 Å². The van der Waals surface area contributed by atoms with E-state index in [4.69, 9.17) is 26.8 Å². The Morgan fingerprint density at radius 3 is 2.33 bits per heavy atom. The van der Waals surface area contributed by atoms with Gasteiger partial charge in [-0.1, -0.05) is 29.8 Å². The van der Waals surface area contributed by atoms with Crippen LogP contribution in [-0.2, 0) is 22.4 Å². The molecule has 13 heteroatoms. The zero-order valence-electron chi connectivity index (χ0n) is 26.6. The Labute approximate surface area is 287 Å². The summed E-state index contributed by atoms with van der Waals surface area (Å²) in [6.07, 6.45) is -1.44. The van der Waals surface area contributed by atoms with Crippen molar-refractivity contribution in [1.82, 2.24) is 4.90 Å². The third kappa shape index (κ3) is 8.47. The van der Waals surface area contributed by atoms with Crippen LogP contribution < -0.4 is 10.5 Å². The molecule has 5 N–H and O–H groups in total. The van der Waals surface area contributed by atoms with Gasteiger partial charge >= 0.3 is 0 Å². The predicted octanol–water partition coefficient (Wildman–Crippen LogP) is 4.83. The van der Waals surface area contributed by atoms with E-state index in [-0.39, 0.29) is 30.4 Å². The molecule has 0 unspecified atom stereocenters. The normalized spacial score (nSPS) is 24.0. The van der Waals surface area contributed by atoms with E-state index in [1.807, 2.05) is 43.3 Å². The maximum Gasteiger partial charge on any atom is 0.224 e. The highest BCUT2D eigenvalue weighted by Crippen LogP contribution is 2.39. The van der Waals surface area contributed by atoms with Gasteiger partial charge in [-0.05, 0) is 78.1 Å². The third-order valence-electron chi connectivity index (χ3n) is 8.97. The molecule has 2 saturated heterocycles. The topological polar surface area (TPSA) is 125 Å². The van der Waals surface area contributed by atoms with Crippen molar-refractivity contribution in [1.29, 1.82) is 0 Å². The summed E-state index contributed by atoms with van der Waals surface area (Å²) in [5, 5.41) is 32.0. The molecule has 0 aliphatic carbocycles. The van der Waals surface area contributed by atoms with Crippen molar-refractivity contribution < 1.29 is 42.8 Å². The summed E-state index contributed by atoms with van der Waals surface area (Å²) in [7, 11) is 0. The Morgan fingerprint density at radius 2 is 1.67 bits per heavy atom. The number of piperidine rings is 1. The van der Waals surface area contributed by atoms with Crippen LogP contribution in [0.1, 0.15) is 53.2 Å². The van der Waals surface area contributed by atoms with E-state index in [9.17, 15) is 33.3 Å². The predicted molar refractivity (Wildman–Crippen MR) is 177 cm³/mol. The van der Waals surface area contributed by atoms with Crippen molar-refractivity contribution in [2.45, 2.75) is 81.0 Å². The first-order chi connectivity index (χ1) is 22.8. The highest BCUT2D eigenvalue weighted by atomic mass is 35.5. The molecule has 8 nitrogen and oxygen atoms in total. The molecule has 0 saturated carbocycles. The van der Waals surface area contributed by atoms with E-state index >= 15 is 0 Å². The number of thioether (sulfide) groups is 1. The van der Waals surface area contributed by atoms with Crippen LogP contribution in [0, 0.1) is 24.4 Å². The van der Waals surface area contributed by atoms with E-state index in [0.29, 0.717) is 54.8 Å². The number of aryl methyl sites for hydroxylation is 1. The number of nitrogens with zero attached hydrogens (tertiary/aromatic N) is 1. The minimum Gasteiger partial charge on any atom is -0.490 e. The van der Waals surface area contributed by atoms with Crippen molar-refractivity contribution >= 4 is 29.3 Å². The number of carbonyl (C=O) groups excluding carboxylic acids is 1. The molecule has 2 heterocycles. The zero-order valence-corrected chi connectivity index (χ0v) is 28.2. The third-order valence-corrected chi connectivity index (χ3v) is 10.2. The van der Waals surface area contributed by atoms with E-state index in [1.54, 1.807) is 11.2 Å². The minimum absolute atomic E-state index is 0.0460. The summed E-state index contributed by atoms with van der Waals surface area (Å²) in [5.41, 5.74) is 8.56. The van der Waals surface area contributed by atoms with Gasteiger partial charge in [-0.25, -0.2) is 13.2 Å². The number of rotatable bonds is 10. The summed E-state index contributed by atoms with van der Waals surface area (Å²) >= 11 is 7.87. The second-order valence-electron chi connectivity index (χ2n) is 12.5. The fourth-order valence-corrected chi connectivity index (χ4v) is 7.18. The van der Waals surface area contributed by atoms with Crippen molar-refractivity contribution in [2.24, 2.45) is 5.73 Å². The van der Waals surface area contributed by atoms with E-state index in [1.165, 1.54) is 11.8 Å². The molecular formula is C35H40ClF3N2O6S. The maximum atomic E-state index is 14.0. The molecule has 0 radical (unpaired) electrons. The number of amides is 1. The number of benzene rings is 3. The van der Waals surface area contributed by atoms with E-state index < -0.39 is 53.3 Å². The molecule has 3 aromatic rings. The number of carbonyl (C=O) groups is 1. The molecule has 1 amide bonds. The highest BCUT2D eigenvalue weighted by molar-refractivity contribution is 7.99. The van der Waals surface area contributed by atoms with E-state index in [2.05, 4.69) is 0 Å². The molecule has 6 atom stereocenters. The Kier molecular flexibility index (Phi) is 12.0. The lowest BCUT2D eigenvalue weighted by Gasteiger charge is -2.40. The lowest BCUT2D eigenvalue weighted by molar-refractivity contribution is -0.200. The number of halogens is 4. The van der Waals surface area contributed by atoms with Gasteiger partial charge in [0, 0.05) is 49.5 Å². The van der Waals surface area contributed by atoms with Gasteiger partial charge in [0.2, 0.25) is 5.91 Å². The van der Waals surface area contributed by atoms with Crippen LogP contribution in [0.4, 0.5) is 13.2 Å². The van der Waals surface area contributed by atoms with Gasteiger partial charge in [0.15, 0.2) is 11.6 Å². The quantitative estimate of drug-likeness (QED) is 0.221. The van der Waals surface area contributed by atoms with Gasteiger partial charge < -0.3 is 35.4 Å². The number of nitrogens with two attached hydrogens (primary N) is 1. The average Bonchev–Trinajstić information content (AvgIpc) is 3.05. The number of aliphatic hydroxyl groups is 3. The largest absolute Gasteiger partial charge is 0.490 e. The monoisotopic (exact) mass is 708 g/mol. The number of ether oxygens (including phenoxy) is 2. The van der Waals surface area contributed by atoms with Crippen LogP contribution in [0.3, 0.4) is 0 Å². The zero-order chi connectivity index (χ0) is 34.7. The molecule has 0 bridgehead atoms. The van der Waals surface area contributed by atoms with Gasteiger partial charge in [0.1, 0.15) is 47.5 Å². The Bertz CT molecular complexity index is 1590. The lowest BCUT2D eigenvalue weighted by Crippen LogP contribution is -2.53. The fraction of sp³-hybridized carbons (Fsp3) is 0.457. The minimum atomic E-state index is -1.35. The lowest BCUT2D eigenvalue weighted by atomic mass is 9.90. The van der Waals surface area contributed by atoms with Crippen molar-refractivity contribution in [2.75, 3.05) is 19.3 Å². The molecule has 0 aromatic heterocycles. The van der Waals surface area contributed by atoms with Gasteiger partial charge in [-0.15, -0.1) is 11.8 Å². The molecule has 48 heavy (non-hydrogen) atoms. The fourth-order valence-electron chi connectivity index (χ4n) is 6.23. The maximum absolute atomic E-state index is 14.0. The van der Waals surface area contributed by atoms with Crippen LogP contribution >= 0.6 is 23.4 Å². The van der Waals surface area contributed by atoms with Crippen molar-refractivity contribution in [3.05, 3.63) is 98.8 Å². The summed E-state index contributed by atoms with van der Waals surface area (Å²) in [4.78, 5) is 14.5. The molecular weight excluding hydrogens is 669 g/mol. The number of hydrogen-bond donors (Lipinski definition) is 4. The molecule has 260 valence electrons. The molecule has 3 aromatic carbocycles. The van der Waals surface area contributed by atoms with Gasteiger partial charge in [0.05, 0.1) is 0 Å². The highest BCUT2D eigenvalue weighted by Gasteiger charge is 2.44. The Balaban J connectivity index is 1.13. The number of aliphatic hydroxyl groups excluding tert-OH is 3. The van der Waals surface area contributed by atoms with Crippen LogP contribution in [0.15, 0.2) is 48.5 Å². The van der Waals surface area contributed by atoms with Gasteiger partial charge in [-0.3, -0.25) is 4.79 Å². The average molecular weight is 709 g/mol. The van der Waals surface area contributed by atoms with Crippen molar-refractivity contribution in [3.8, 4) is 5.75 Å².